The van der Waals surface area contributed by atoms with Gasteiger partial charge in [-0.2, -0.15) is 0 Å². The van der Waals surface area contributed by atoms with Crippen LogP contribution in [0.2, 0.25) is 0 Å². The van der Waals surface area contributed by atoms with Crippen LogP contribution in [0.15, 0.2) is 42.5 Å². The third kappa shape index (κ3) is 3.30. The van der Waals surface area contributed by atoms with Crippen molar-refractivity contribution in [3.63, 3.8) is 0 Å². The van der Waals surface area contributed by atoms with Crippen LogP contribution in [0.25, 0.3) is 6.08 Å². The molecule has 0 bridgehead atoms. The van der Waals surface area contributed by atoms with Gasteiger partial charge in [0.2, 0.25) is 5.91 Å². The quantitative estimate of drug-likeness (QED) is 0.669. The number of aryl methyl sites for hydroxylation is 1. The number of methoxy groups -OCH3 is 1. The largest absolute Gasteiger partial charge is 0.504 e. The van der Waals surface area contributed by atoms with E-state index >= 15 is 0 Å². The summed E-state index contributed by atoms with van der Waals surface area (Å²) in [4.78, 5) is 23.7. The van der Waals surface area contributed by atoms with Crippen molar-refractivity contribution in [1.29, 1.82) is 0 Å². The summed E-state index contributed by atoms with van der Waals surface area (Å²) in [7, 11) is 1.47. The van der Waals surface area contributed by atoms with Gasteiger partial charge in [0.05, 0.1) is 7.11 Å². The van der Waals surface area contributed by atoms with Gasteiger partial charge in [0.15, 0.2) is 17.3 Å². The van der Waals surface area contributed by atoms with E-state index in [1.54, 1.807) is 30.3 Å². The van der Waals surface area contributed by atoms with Gasteiger partial charge in [0, 0.05) is 17.7 Å². The number of anilines is 1. The summed E-state index contributed by atoms with van der Waals surface area (Å²) in [6.07, 6.45) is 4.23. The SMILES string of the molecule is COc1cc(/C=C/C(=O)c2ccc3c(c2)CCC(=O)N3)ccc1O. The number of carbonyl (C=O) groups is 2. The fourth-order valence-electron chi connectivity index (χ4n) is 2.60. The highest BCUT2D eigenvalue weighted by Gasteiger charge is 2.15. The first-order valence-electron chi connectivity index (χ1n) is 7.59. The Morgan fingerprint density at radius 2 is 2.04 bits per heavy atom. The molecule has 0 fully saturated rings. The zero-order valence-corrected chi connectivity index (χ0v) is 13.2. The van der Waals surface area contributed by atoms with Crippen molar-refractivity contribution < 1.29 is 19.4 Å². The maximum Gasteiger partial charge on any atom is 0.224 e. The Labute approximate surface area is 139 Å². The monoisotopic (exact) mass is 323 g/mol. The minimum Gasteiger partial charge on any atom is -0.504 e. The maximum atomic E-state index is 12.3. The molecule has 122 valence electrons. The van der Waals surface area contributed by atoms with Crippen molar-refractivity contribution in [2.75, 3.05) is 12.4 Å². The molecule has 2 aromatic rings. The molecule has 3 rings (SSSR count). The molecular weight excluding hydrogens is 306 g/mol. The zero-order valence-electron chi connectivity index (χ0n) is 13.2. The van der Waals surface area contributed by atoms with E-state index in [0.29, 0.717) is 24.2 Å². The van der Waals surface area contributed by atoms with Crippen molar-refractivity contribution in [2.24, 2.45) is 0 Å². The van der Waals surface area contributed by atoms with Gasteiger partial charge in [0.1, 0.15) is 0 Å². The number of amides is 1. The molecule has 1 amide bonds. The molecule has 1 aliphatic heterocycles. The number of carbonyl (C=O) groups excluding carboxylic acids is 2. The third-order valence-corrected chi connectivity index (χ3v) is 3.92. The van der Waals surface area contributed by atoms with Gasteiger partial charge in [-0.15, -0.1) is 0 Å². The van der Waals surface area contributed by atoms with Crippen molar-refractivity contribution in [3.05, 3.63) is 59.2 Å². The van der Waals surface area contributed by atoms with E-state index in [1.807, 2.05) is 6.07 Å². The molecule has 1 aliphatic rings. The fourth-order valence-corrected chi connectivity index (χ4v) is 2.60. The second-order valence-electron chi connectivity index (χ2n) is 5.55. The van der Waals surface area contributed by atoms with Gasteiger partial charge >= 0.3 is 0 Å². The molecule has 0 saturated carbocycles. The van der Waals surface area contributed by atoms with Crippen LogP contribution in [-0.4, -0.2) is 23.9 Å². The van der Waals surface area contributed by atoms with Crippen molar-refractivity contribution in [2.45, 2.75) is 12.8 Å². The molecule has 0 saturated heterocycles. The molecule has 2 N–H and O–H groups in total. The van der Waals surface area contributed by atoms with E-state index in [9.17, 15) is 14.7 Å². The van der Waals surface area contributed by atoms with Gasteiger partial charge in [-0.05, 0) is 54.0 Å². The predicted molar refractivity (Wildman–Crippen MR) is 91.4 cm³/mol. The van der Waals surface area contributed by atoms with E-state index in [-0.39, 0.29) is 17.4 Å². The first-order chi connectivity index (χ1) is 11.6. The Bertz CT molecular complexity index is 839. The van der Waals surface area contributed by atoms with Crippen LogP contribution in [0.3, 0.4) is 0 Å². The summed E-state index contributed by atoms with van der Waals surface area (Å²) in [5.41, 5.74) is 3.07. The number of rotatable bonds is 4. The molecule has 2 aromatic carbocycles. The van der Waals surface area contributed by atoms with Gasteiger partial charge in [-0.1, -0.05) is 12.1 Å². The predicted octanol–water partition coefficient (Wildman–Crippen LogP) is 3.18. The second-order valence-corrected chi connectivity index (χ2v) is 5.55. The van der Waals surface area contributed by atoms with Crippen molar-refractivity contribution >= 4 is 23.5 Å². The van der Waals surface area contributed by atoms with Gasteiger partial charge in [-0.3, -0.25) is 9.59 Å². The van der Waals surface area contributed by atoms with E-state index < -0.39 is 0 Å². The molecule has 5 heteroatoms. The molecule has 24 heavy (non-hydrogen) atoms. The molecule has 0 aliphatic carbocycles. The van der Waals surface area contributed by atoms with Crippen LogP contribution in [0.5, 0.6) is 11.5 Å². The summed E-state index contributed by atoms with van der Waals surface area (Å²) >= 11 is 0. The van der Waals surface area contributed by atoms with Crippen LogP contribution in [-0.2, 0) is 11.2 Å². The van der Waals surface area contributed by atoms with Crippen LogP contribution in [0.1, 0.15) is 27.9 Å². The van der Waals surface area contributed by atoms with Crippen LogP contribution < -0.4 is 10.1 Å². The molecule has 0 aromatic heterocycles. The summed E-state index contributed by atoms with van der Waals surface area (Å²) in [6.45, 7) is 0. The molecular formula is C19H17NO4. The second kappa shape index (κ2) is 6.58. The molecule has 1 heterocycles. The first-order valence-corrected chi connectivity index (χ1v) is 7.59. The zero-order chi connectivity index (χ0) is 17.1. The highest BCUT2D eigenvalue weighted by molar-refractivity contribution is 6.07. The van der Waals surface area contributed by atoms with Crippen LogP contribution >= 0.6 is 0 Å². The van der Waals surface area contributed by atoms with Gasteiger partial charge in [0.25, 0.3) is 0 Å². The number of benzene rings is 2. The molecule has 0 radical (unpaired) electrons. The molecule has 0 unspecified atom stereocenters. The fraction of sp³-hybridized carbons (Fsp3) is 0.158. The summed E-state index contributed by atoms with van der Waals surface area (Å²) in [5, 5.41) is 12.4. The standard InChI is InChI=1S/C19H17NO4/c1-24-18-10-12(3-8-17(18)22)2-7-16(21)14-4-6-15-13(11-14)5-9-19(23)20-15/h2-4,6-8,10-11,22H,5,9H2,1H3,(H,20,23)/b7-2+. The Kier molecular flexibility index (Phi) is 4.33. The minimum atomic E-state index is -0.123. The Morgan fingerprint density at radius 3 is 2.83 bits per heavy atom. The number of fused-ring (bicyclic) bond motifs is 1. The average molecular weight is 323 g/mol. The smallest absolute Gasteiger partial charge is 0.224 e. The molecule has 0 spiro atoms. The highest BCUT2D eigenvalue weighted by Crippen LogP contribution is 2.27. The summed E-state index contributed by atoms with van der Waals surface area (Å²) in [6, 6.07) is 10.2. The Morgan fingerprint density at radius 1 is 1.21 bits per heavy atom. The minimum absolute atomic E-state index is 0.00255. The molecule has 5 nitrogen and oxygen atoms in total. The summed E-state index contributed by atoms with van der Waals surface area (Å²) in [5.74, 6) is 0.288. The number of aromatic hydroxyl groups is 1. The topological polar surface area (TPSA) is 75.6 Å². The third-order valence-electron chi connectivity index (χ3n) is 3.92. The van der Waals surface area contributed by atoms with Gasteiger partial charge < -0.3 is 15.2 Å². The lowest BCUT2D eigenvalue weighted by Crippen LogP contribution is -2.19. The molecule has 0 atom stereocenters. The van der Waals surface area contributed by atoms with E-state index in [4.69, 9.17) is 4.74 Å². The number of phenols is 1. The lowest BCUT2D eigenvalue weighted by molar-refractivity contribution is -0.116. The van der Waals surface area contributed by atoms with E-state index in [1.165, 1.54) is 19.3 Å². The number of ether oxygens (including phenoxy) is 1. The Hall–Kier alpha value is -3.08. The number of ketones is 1. The number of phenolic OH excluding ortho intramolecular Hbond substituents is 1. The van der Waals surface area contributed by atoms with Crippen LogP contribution in [0, 0.1) is 0 Å². The lowest BCUT2D eigenvalue weighted by Gasteiger charge is -2.16. The number of hydrogen-bond acceptors (Lipinski definition) is 4. The summed E-state index contributed by atoms with van der Waals surface area (Å²) < 4.78 is 5.04. The average Bonchev–Trinajstić information content (AvgIpc) is 2.60. The van der Waals surface area contributed by atoms with Crippen molar-refractivity contribution in [3.8, 4) is 11.5 Å². The Balaban J connectivity index is 1.79. The maximum absolute atomic E-state index is 12.3. The lowest BCUT2D eigenvalue weighted by atomic mass is 9.98. The van der Waals surface area contributed by atoms with Gasteiger partial charge in [-0.25, -0.2) is 0 Å². The normalized spacial score (nSPS) is 13.5. The highest BCUT2D eigenvalue weighted by atomic mass is 16.5. The number of allylic oxidation sites excluding steroid dienone is 1. The van der Waals surface area contributed by atoms with E-state index in [0.717, 1.165) is 16.8 Å². The van der Waals surface area contributed by atoms with E-state index in [2.05, 4.69) is 5.32 Å². The number of nitrogens with one attached hydrogen (secondary N) is 1. The van der Waals surface area contributed by atoms with Crippen molar-refractivity contribution in [1.82, 2.24) is 0 Å². The number of hydrogen-bond donors (Lipinski definition) is 2. The first kappa shape index (κ1) is 15.8. The van der Waals surface area contributed by atoms with Crippen LogP contribution in [0.4, 0.5) is 5.69 Å².